The molecular weight excluding hydrogens is 243 g/mol. The third-order valence-electron chi connectivity index (χ3n) is 3.71. The highest BCUT2D eigenvalue weighted by Crippen LogP contribution is 2.42. The normalized spacial score (nSPS) is 28.3. The predicted octanol–water partition coefficient (Wildman–Crippen LogP) is 2.87. The van der Waals surface area contributed by atoms with Crippen LogP contribution in [0.15, 0.2) is 24.3 Å². The van der Waals surface area contributed by atoms with Gasteiger partial charge in [-0.15, -0.1) is 0 Å². The average Bonchev–Trinajstić information content (AvgIpc) is 2.52. The van der Waals surface area contributed by atoms with E-state index < -0.39 is 17.2 Å². The topological polar surface area (TPSA) is 29.1 Å². The number of rotatable bonds is 1. The largest absolute Gasteiger partial charge is 0.416 e. The van der Waals surface area contributed by atoms with Gasteiger partial charge in [-0.3, -0.25) is 4.79 Å². The Morgan fingerprint density at radius 1 is 1.33 bits per heavy atom. The number of nitrogens with one attached hydrogen (secondary N) is 1. The van der Waals surface area contributed by atoms with Crippen molar-refractivity contribution in [1.82, 2.24) is 5.32 Å². The molecule has 18 heavy (non-hydrogen) atoms. The number of carbonyl (C=O) groups excluding carboxylic acids is 1. The number of hydrogen-bond donors (Lipinski definition) is 1. The maximum absolute atomic E-state index is 13.0. The first-order valence-corrected chi connectivity index (χ1v) is 5.71. The Labute approximate surface area is 103 Å². The van der Waals surface area contributed by atoms with Crippen molar-refractivity contribution in [3.8, 4) is 0 Å². The van der Waals surface area contributed by atoms with Gasteiger partial charge in [0.1, 0.15) is 0 Å². The van der Waals surface area contributed by atoms with Crippen LogP contribution < -0.4 is 5.32 Å². The van der Waals surface area contributed by atoms with E-state index in [4.69, 9.17) is 0 Å². The Hall–Kier alpha value is -1.52. The van der Waals surface area contributed by atoms with E-state index in [1.165, 1.54) is 12.1 Å². The summed E-state index contributed by atoms with van der Waals surface area (Å²) in [5, 5.41) is 2.68. The Morgan fingerprint density at radius 3 is 2.44 bits per heavy atom. The van der Waals surface area contributed by atoms with Gasteiger partial charge in [0, 0.05) is 17.9 Å². The number of alkyl halides is 3. The molecule has 1 aromatic carbocycles. The molecule has 0 saturated carbocycles. The zero-order valence-corrected chi connectivity index (χ0v) is 10.1. The van der Waals surface area contributed by atoms with Gasteiger partial charge >= 0.3 is 6.18 Å². The molecule has 98 valence electrons. The summed E-state index contributed by atoms with van der Waals surface area (Å²) in [4.78, 5) is 11.4. The smallest absolute Gasteiger partial charge is 0.353 e. The van der Waals surface area contributed by atoms with E-state index >= 15 is 0 Å². The van der Waals surface area contributed by atoms with Crippen molar-refractivity contribution >= 4 is 5.91 Å². The van der Waals surface area contributed by atoms with E-state index in [0.717, 1.165) is 6.07 Å². The van der Waals surface area contributed by atoms with E-state index in [1.807, 2.05) is 0 Å². The molecule has 2 rings (SSSR count). The van der Waals surface area contributed by atoms with E-state index in [1.54, 1.807) is 19.9 Å². The molecule has 1 aliphatic rings. The van der Waals surface area contributed by atoms with Gasteiger partial charge in [-0.05, 0) is 18.6 Å². The first-order chi connectivity index (χ1) is 8.25. The lowest BCUT2D eigenvalue weighted by molar-refractivity contribution is -0.139. The van der Waals surface area contributed by atoms with Crippen molar-refractivity contribution < 1.29 is 18.0 Å². The molecular formula is C13H14F3NO. The highest BCUT2D eigenvalue weighted by molar-refractivity contribution is 5.81. The number of hydrogen-bond acceptors (Lipinski definition) is 1. The molecule has 1 fully saturated rings. The van der Waals surface area contributed by atoms with E-state index in [9.17, 15) is 18.0 Å². The fourth-order valence-electron chi connectivity index (χ4n) is 2.50. The van der Waals surface area contributed by atoms with Crippen LogP contribution in [0.3, 0.4) is 0 Å². The molecule has 2 unspecified atom stereocenters. The van der Waals surface area contributed by atoms with Crippen LogP contribution in [0.4, 0.5) is 13.2 Å². The fraction of sp³-hybridized carbons (Fsp3) is 0.462. The first-order valence-electron chi connectivity index (χ1n) is 5.71. The minimum Gasteiger partial charge on any atom is -0.353 e. The lowest BCUT2D eigenvalue weighted by Gasteiger charge is -2.30. The SMILES string of the molecule is CC1NC(=O)CC1(C)c1ccccc1C(F)(F)F. The Bertz CT molecular complexity index is 483. The molecule has 0 aromatic heterocycles. The lowest BCUT2D eigenvalue weighted by atomic mass is 9.74. The minimum atomic E-state index is -4.40. The molecule has 2 atom stereocenters. The molecule has 5 heteroatoms. The molecule has 1 heterocycles. The van der Waals surface area contributed by atoms with Gasteiger partial charge in [0.2, 0.25) is 5.91 Å². The minimum absolute atomic E-state index is 0.0846. The molecule has 1 amide bonds. The van der Waals surface area contributed by atoms with Crippen LogP contribution in [0.5, 0.6) is 0 Å². The summed E-state index contributed by atoms with van der Waals surface area (Å²) in [6.07, 6.45) is -4.31. The highest BCUT2D eigenvalue weighted by Gasteiger charge is 2.46. The maximum Gasteiger partial charge on any atom is 0.416 e. The summed E-state index contributed by atoms with van der Waals surface area (Å²) >= 11 is 0. The molecule has 1 saturated heterocycles. The van der Waals surface area contributed by atoms with Gasteiger partial charge < -0.3 is 5.32 Å². The van der Waals surface area contributed by atoms with Crippen molar-refractivity contribution in [3.05, 3.63) is 35.4 Å². The van der Waals surface area contributed by atoms with Crippen molar-refractivity contribution in [2.24, 2.45) is 0 Å². The number of benzene rings is 1. The van der Waals surface area contributed by atoms with Crippen LogP contribution in [-0.4, -0.2) is 11.9 Å². The zero-order valence-electron chi connectivity index (χ0n) is 10.1. The Balaban J connectivity index is 2.55. The molecule has 0 radical (unpaired) electrons. The van der Waals surface area contributed by atoms with Gasteiger partial charge in [0.15, 0.2) is 0 Å². The summed E-state index contributed by atoms with van der Waals surface area (Å²) in [5.74, 6) is -0.207. The van der Waals surface area contributed by atoms with E-state index in [-0.39, 0.29) is 23.9 Å². The van der Waals surface area contributed by atoms with Crippen molar-refractivity contribution in [3.63, 3.8) is 0 Å². The monoisotopic (exact) mass is 257 g/mol. The summed E-state index contributed by atoms with van der Waals surface area (Å²) in [7, 11) is 0. The molecule has 0 bridgehead atoms. The maximum atomic E-state index is 13.0. The van der Waals surface area contributed by atoms with E-state index in [0.29, 0.717) is 0 Å². The van der Waals surface area contributed by atoms with Crippen LogP contribution >= 0.6 is 0 Å². The average molecular weight is 257 g/mol. The predicted molar refractivity (Wildman–Crippen MR) is 61.0 cm³/mol. The second-order valence-electron chi connectivity index (χ2n) is 4.93. The molecule has 1 aliphatic heterocycles. The number of amides is 1. The standard InChI is InChI=1S/C13H14F3NO/c1-8-12(2,7-11(18)17-8)9-5-3-4-6-10(9)13(14,15)16/h3-6,8H,7H2,1-2H3,(H,17,18). The second-order valence-corrected chi connectivity index (χ2v) is 4.93. The Morgan fingerprint density at radius 2 is 1.94 bits per heavy atom. The molecule has 1 aromatic rings. The first kappa shape index (κ1) is 12.9. The Kier molecular flexibility index (Phi) is 2.87. The summed E-state index contributed by atoms with van der Waals surface area (Å²) in [6, 6.07) is 5.15. The fourth-order valence-corrected chi connectivity index (χ4v) is 2.50. The van der Waals surface area contributed by atoms with Crippen LogP contribution in [0.2, 0.25) is 0 Å². The van der Waals surface area contributed by atoms with Crippen LogP contribution in [-0.2, 0) is 16.4 Å². The highest BCUT2D eigenvalue weighted by atomic mass is 19.4. The van der Waals surface area contributed by atoms with Crippen molar-refractivity contribution in [2.45, 2.75) is 37.9 Å². The van der Waals surface area contributed by atoms with Gasteiger partial charge in [0.25, 0.3) is 0 Å². The van der Waals surface area contributed by atoms with Crippen LogP contribution in [0.25, 0.3) is 0 Å². The van der Waals surface area contributed by atoms with Crippen molar-refractivity contribution in [1.29, 1.82) is 0 Å². The van der Waals surface area contributed by atoms with Crippen molar-refractivity contribution in [2.75, 3.05) is 0 Å². The number of carbonyl (C=O) groups is 1. The van der Waals surface area contributed by atoms with Crippen LogP contribution in [0.1, 0.15) is 31.4 Å². The third-order valence-corrected chi connectivity index (χ3v) is 3.71. The van der Waals surface area contributed by atoms with Gasteiger partial charge in [-0.25, -0.2) is 0 Å². The van der Waals surface area contributed by atoms with Gasteiger partial charge in [-0.1, -0.05) is 25.1 Å². The molecule has 2 nitrogen and oxygen atoms in total. The van der Waals surface area contributed by atoms with Crippen LogP contribution in [0, 0.1) is 0 Å². The number of halogens is 3. The summed E-state index contributed by atoms with van der Waals surface area (Å²) < 4.78 is 39.0. The molecule has 0 spiro atoms. The van der Waals surface area contributed by atoms with Gasteiger partial charge in [0.05, 0.1) is 5.56 Å². The van der Waals surface area contributed by atoms with E-state index in [2.05, 4.69) is 5.32 Å². The summed E-state index contributed by atoms with van der Waals surface area (Å²) in [5.41, 5.74) is -1.29. The second kappa shape index (κ2) is 4.00. The molecule has 0 aliphatic carbocycles. The summed E-state index contributed by atoms with van der Waals surface area (Å²) in [6.45, 7) is 3.43. The zero-order chi connectivity index (χ0) is 13.6. The lowest BCUT2D eigenvalue weighted by Crippen LogP contribution is -2.37. The quantitative estimate of drug-likeness (QED) is 0.823. The van der Waals surface area contributed by atoms with Gasteiger partial charge in [-0.2, -0.15) is 13.2 Å². The third kappa shape index (κ3) is 1.98. The molecule has 1 N–H and O–H groups in total.